The van der Waals surface area contributed by atoms with Crippen LogP contribution in [0.1, 0.15) is 60.5 Å². The normalized spacial score (nSPS) is 13.1. The van der Waals surface area contributed by atoms with Crippen LogP contribution in [-0.4, -0.2) is 26.7 Å². The summed E-state index contributed by atoms with van der Waals surface area (Å²) >= 11 is 0. The number of amides is 1. The Kier molecular flexibility index (Phi) is 7.39. The van der Waals surface area contributed by atoms with E-state index in [2.05, 4.69) is 10.0 Å². The van der Waals surface area contributed by atoms with Gasteiger partial charge in [-0.05, 0) is 61.1 Å². The first kappa shape index (κ1) is 22.2. The maximum atomic E-state index is 12.4. The Balaban J connectivity index is 1.55. The Labute approximate surface area is 178 Å². The molecular formula is C23H28N2O4S. The first-order valence-electron chi connectivity index (χ1n) is 10.4. The number of hydrogen-bond acceptors (Lipinski definition) is 4. The monoisotopic (exact) mass is 428 g/mol. The molecule has 0 saturated heterocycles. The fourth-order valence-corrected chi connectivity index (χ4v) is 4.67. The summed E-state index contributed by atoms with van der Waals surface area (Å²) in [5.41, 5.74) is 3.58. The second-order valence-corrected chi connectivity index (χ2v) is 9.35. The number of ketones is 1. The van der Waals surface area contributed by atoms with Crippen molar-refractivity contribution < 1.29 is 18.0 Å². The average Bonchev–Trinajstić information content (AvgIpc) is 3.20. The Hall–Kier alpha value is -2.51. The van der Waals surface area contributed by atoms with Gasteiger partial charge in [0.25, 0.3) is 0 Å². The average molecular weight is 429 g/mol. The number of rotatable bonds is 10. The first-order chi connectivity index (χ1) is 14.4. The fourth-order valence-electron chi connectivity index (χ4n) is 3.55. The second-order valence-electron chi connectivity index (χ2n) is 7.59. The van der Waals surface area contributed by atoms with Crippen molar-refractivity contribution in [2.45, 2.75) is 56.8 Å². The van der Waals surface area contributed by atoms with Crippen LogP contribution in [0, 0.1) is 0 Å². The molecule has 0 aromatic heterocycles. The van der Waals surface area contributed by atoms with E-state index in [1.807, 2.05) is 25.1 Å². The molecule has 2 aromatic rings. The van der Waals surface area contributed by atoms with Crippen molar-refractivity contribution in [3.8, 4) is 0 Å². The van der Waals surface area contributed by atoms with Crippen molar-refractivity contribution in [2.75, 3.05) is 11.9 Å². The Morgan fingerprint density at radius 1 is 1.00 bits per heavy atom. The molecule has 6 nitrogen and oxygen atoms in total. The summed E-state index contributed by atoms with van der Waals surface area (Å²) in [6.45, 7) is 2.36. The molecule has 1 aliphatic carbocycles. The number of sulfonamides is 1. The van der Waals surface area contributed by atoms with Crippen LogP contribution in [0.25, 0.3) is 0 Å². The molecule has 0 saturated carbocycles. The lowest BCUT2D eigenvalue weighted by Crippen LogP contribution is -2.24. The predicted molar refractivity (Wildman–Crippen MR) is 117 cm³/mol. The highest BCUT2D eigenvalue weighted by Crippen LogP contribution is 2.23. The van der Waals surface area contributed by atoms with Crippen LogP contribution >= 0.6 is 0 Å². The lowest BCUT2D eigenvalue weighted by molar-refractivity contribution is -0.116. The number of anilines is 1. The van der Waals surface area contributed by atoms with Gasteiger partial charge in [-0.15, -0.1) is 0 Å². The minimum atomic E-state index is -3.61. The Morgan fingerprint density at radius 3 is 2.60 bits per heavy atom. The molecule has 0 fully saturated rings. The quantitative estimate of drug-likeness (QED) is 0.444. The van der Waals surface area contributed by atoms with E-state index in [-0.39, 0.29) is 29.4 Å². The van der Waals surface area contributed by atoms with E-state index >= 15 is 0 Å². The van der Waals surface area contributed by atoms with Gasteiger partial charge < -0.3 is 5.32 Å². The van der Waals surface area contributed by atoms with E-state index in [1.165, 1.54) is 23.3 Å². The Bertz CT molecular complexity index is 1030. The second kappa shape index (κ2) is 10.00. The molecule has 0 atom stereocenters. The number of benzene rings is 2. The third-order valence-corrected chi connectivity index (χ3v) is 6.71. The molecule has 7 heteroatoms. The molecule has 0 heterocycles. The number of carbonyl (C=O) groups excluding carboxylic acids is 2. The minimum Gasteiger partial charge on any atom is -0.326 e. The van der Waals surface area contributed by atoms with Crippen molar-refractivity contribution in [1.82, 2.24) is 4.72 Å². The van der Waals surface area contributed by atoms with Crippen LogP contribution in [0.3, 0.4) is 0 Å². The summed E-state index contributed by atoms with van der Waals surface area (Å²) in [6, 6.07) is 11.9. The maximum Gasteiger partial charge on any atom is 0.240 e. The largest absolute Gasteiger partial charge is 0.326 e. The van der Waals surface area contributed by atoms with E-state index in [0.717, 1.165) is 32.1 Å². The van der Waals surface area contributed by atoms with Gasteiger partial charge in [0.1, 0.15) is 0 Å². The number of Topliss-reactive ketones (excluding diaryl/α,β-unsaturated/α-hetero) is 1. The Morgan fingerprint density at radius 2 is 1.80 bits per heavy atom. The maximum absolute atomic E-state index is 12.4. The highest BCUT2D eigenvalue weighted by atomic mass is 32.2. The summed E-state index contributed by atoms with van der Waals surface area (Å²) in [6.07, 6.45) is 5.00. The molecule has 0 aliphatic heterocycles. The van der Waals surface area contributed by atoms with Gasteiger partial charge in [0.05, 0.1) is 4.90 Å². The van der Waals surface area contributed by atoms with Crippen LogP contribution in [0.5, 0.6) is 0 Å². The van der Waals surface area contributed by atoms with Crippen LogP contribution < -0.4 is 10.0 Å². The highest BCUT2D eigenvalue weighted by Gasteiger charge is 2.16. The van der Waals surface area contributed by atoms with Gasteiger partial charge in [-0.2, -0.15) is 0 Å². The summed E-state index contributed by atoms with van der Waals surface area (Å²) in [4.78, 5) is 24.8. The molecule has 0 unspecified atom stereocenters. The number of aryl methyl sites for hydroxylation is 2. The van der Waals surface area contributed by atoms with Gasteiger partial charge in [0.2, 0.25) is 15.9 Å². The molecule has 3 rings (SSSR count). The predicted octanol–water partition coefficient (Wildman–Crippen LogP) is 3.86. The molecule has 1 amide bonds. The SMILES string of the molecule is CCCCNS(=O)(=O)c1cccc(NC(=O)CCC(=O)c2ccc3c(c2)CCC3)c1. The van der Waals surface area contributed by atoms with Crippen LogP contribution in [0.2, 0.25) is 0 Å². The third-order valence-electron chi connectivity index (χ3n) is 5.25. The molecular weight excluding hydrogens is 400 g/mol. The number of carbonyl (C=O) groups is 2. The number of hydrogen-bond donors (Lipinski definition) is 2. The van der Waals surface area contributed by atoms with Crippen molar-refractivity contribution in [3.05, 3.63) is 59.2 Å². The summed E-state index contributed by atoms with van der Waals surface area (Å²) in [7, 11) is -3.61. The van der Waals surface area contributed by atoms with Gasteiger partial charge in [-0.1, -0.05) is 31.5 Å². The third kappa shape index (κ3) is 5.77. The first-order valence-corrected chi connectivity index (χ1v) is 11.9. The zero-order valence-corrected chi connectivity index (χ0v) is 18.1. The summed E-state index contributed by atoms with van der Waals surface area (Å²) in [5.74, 6) is -0.380. The molecule has 0 radical (unpaired) electrons. The lowest BCUT2D eigenvalue weighted by atomic mass is 10.0. The minimum absolute atomic E-state index is 0.0433. The van der Waals surface area contributed by atoms with E-state index in [9.17, 15) is 18.0 Å². The van der Waals surface area contributed by atoms with Gasteiger partial charge in [-0.3, -0.25) is 9.59 Å². The van der Waals surface area contributed by atoms with E-state index < -0.39 is 10.0 Å². The molecule has 30 heavy (non-hydrogen) atoms. The van der Waals surface area contributed by atoms with Crippen molar-refractivity contribution in [2.24, 2.45) is 0 Å². The van der Waals surface area contributed by atoms with Gasteiger partial charge in [0.15, 0.2) is 5.78 Å². The van der Waals surface area contributed by atoms with Crippen molar-refractivity contribution >= 4 is 27.4 Å². The highest BCUT2D eigenvalue weighted by molar-refractivity contribution is 7.89. The molecule has 0 bridgehead atoms. The van der Waals surface area contributed by atoms with Crippen molar-refractivity contribution in [3.63, 3.8) is 0 Å². The number of fused-ring (bicyclic) bond motifs is 1. The molecule has 0 spiro atoms. The molecule has 1 aliphatic rings. The number of unbranched alkanes of at least 4 members (excludes halogenated alkanes) is 1. The molecule has 160 valence electrons. The summed E-state index contributed by atoms with van der Waals surface area (Å²) in [5, 5.41) is 2.69. The van der Waals surface area contributed by atoms with Gasteiger partial charge >= 0.3 is 0 Å². The zero-order valence-electron chi connectivity index (χ0n) is 17.2. The zero-order chi connectivity index (χ0) is 21.6. The smallest absolute Gasteiger partial charge is 0.240 e. The molecule has 2 N–H and O–H groups in total. The van der Waals surface area contributed by atoms with Crippen molar-refractivity contribution in [1.29, 1.82) is 0 Å². The standard InChI is InChI=1S/C23H28N2O4S/c1-2-3-14-24-30(28,29)21-9-5-8-20(16-21)25-23(27)13-12-22(26)19-11-10-17-6-4-7-18(17)15-19/h5,8-11,15-16,24H,2-4,6-7,12-14H2,1H3,(H,25,27). The topological polar surface area (TPSA) is 92.3 Å². The van der Waals surface area contributed by atoms with Crippen LogP contribution in [-0.2, 0) is 27.7 Å². The summed E-state index contributed by atoms with van der Waals surface area (Å²) < 4.78 is 27.2. The molecule has 2 aromatic carbocycles. The van der Waals surface area contributed by atoms with Crippen LogP contribution in [0.15, 0.2) is 47.4 Å². The van der Waals surface area contributed by atoms with Gasteiger partial charge in [-0.25, -0.2) is 13.1 Å². The van der Waals surface area contributed by atoms with Gasteiger partial charge in [0, 0.05) is 30.6 Å². The van der Waals surface area contributed by atoms with E-state index in [0.29, 0.717) is 17.8 Å². The van der Waals surface area contributed by atoms with Crippen LogP contribution in [0.4, 0.5) is 5.69 Å². The fraction of sp³-hybridized carbons (Fsp3) is 0.391. The lowest BCUT2D eigenvalue weighted by Gasteiger charge is -2.09. The van der Waals surface area contributed by atoms with E-state index in [4.69, 9.17) is 0 Å². The number of nitrogens with one attached hydrogen (secondary N) is 2. The van der Waals surface area contributed by atoms with E-state index in [1.54, 1.807) is 12.1 Å².